The van der Waals surface area contributed by atoms with E-state index in [0.29, 0.717) is 33.9 Å². The van der Waals surface area contributed by atoms with Crippen LogP contribution >= 0.6 is 11.6 Å². The zero-order chi connectivity index (χ0) is 21.9. The Hall–Kier alpha value is -3.47. The minimum Gasteiger partial charge on any atom is -0.325 e. The lowest BCUT2D eigenvalue weighted by Crippen LogP contribution is -2.18. The molecule has 1 amide bonds. The molecule has 160 valence electrons. The van der Waals surface area contributed by atoms with E-state index in [1.165, 1.54) is 12.8 Å². The van der Waals surface area contributed by atoms with Gasteiger partial charge in [-0.3, -0.25) is 9.69 Å². The highest BCUT2D eigenvalue weighted by molar-refractivity contribution is 6.31. The summed E-state index contributed by atoms with van der Waals surface area (Å²) in [4.78, 5) is 28.2. The number of carbonyl (C=O) groups is 1. The topological polar surface area (TPSA) is 83.0 Å². The zero-order valence-corrected chi connectivity index (χ0v) is 18.1. The third-order valence-electron chi connectivity index (χ3n) is 5.43. The van der Waals surface area contributed by atoms with E-state index < -0.39 is 0 Å². The molecule has 1 aromatic carbocycles. The highest BCUT2D eigenvalue weighted by Crippen LogP contribution is 2.34. The summed E-state index contributed by atoms with van der Waals surface area (Å²) in [5.41, 5.74) is 3.57. The van der Waals surface area contributed by atoms with Crippen LogP contribution in [0, 0.1) is 11.8 Å². The van der Waals surface area contributed by atoms with Crippen molar-refractivity contribution in [1.82, 2.24) is 19.9 Å². The summed E-state index contributed by atoms with van der Waals surface area (Å²) in [6.07, 6.45) is 4.37. The zero-order valence-electron chi connectivity index (χ0n) is 17.4. The second kappa shape index (κ2) is 8.95. The third kappa shape index (κ3) is 4.57. The number of aromatic nitrogens is 3. The first-order valence-corrected chi connectivity index (χ1v) is 10.9. The maximum Gasteiger partial charge on any atom is 0.228 e. The molecule has 2 aliphatic rings. The molecule has 0 unspecified atom stereocenters. The number of pyridine rings is 1. The quantitative estimate of drug-likeness (QED) is 0.596. The second-order valence-electron chi connectivity index (χ2n) is 7.80. The minimum absolute atomic E-state index is 0.126. The lowest BCUT2D eigenvalue weighted by atomic mass is 10.1. The molecule has 0 radical (unpaired) electrons. The van der Waals surface area contributed by atoms with E-state index in [2.05, 4.69) is 42.3 Å². The largest absolute Gasteiger partial charge is 0.325 e. The number of hydrogen-bond donors (Lipinski definition) is 2. The number of benzene rings is 1. The van der Waals surface area contributed by atoms with Crippen molar-refractivity contribution in [3.8, 4) is 23.1 Å². The highest BCUT2D eigenvalue weighted by Gasteiger charge is 2.21. The Morgan fingerprint density at radius 2 is 2.03 bits per heavy atom. The fraction of sp³-hybridized carbons (Fsp3) is 0.250. The van der Waals surface area contributed by atoms with Gasteiger partial charge in [0.2, 0.25) is 11.9 Å². The van der Waals surface area contributed by atoms with E-state index in [1.807, 2.05) is 24.3 Å². The van der Waals surface area contributed by atoms with Gasteiger partial charge < -0.3 is 10.6 Å². The fourth-order valence-corrected chi connectivity index (χ4v) is 4.07. The van der Waals surface area contributed by atoms with E-state index in [9.17, 15) is 4.79 Å². The number of fused-ring (bicyclic) bond motifs is 3. The molecule has 3 aromatic rings. The number of anilines is 3. The maximum atomic E-state index is 12.3. The smallest absolute Gasteiger partial charge is 0.228 e. The second-order valence-corrected chi connectivity index (χ2v) is 8.24. The number of carbonyl (C=O) groups excluding carboxylic acids is 1. The van der Waals surface area contributed by atoms with Gasteiger partial charge in [-0.2, -0.15) is 0 Å². The molecular weight excluding hydrogens is 424 g/mol. The van der Waals surface area contributed by atoms with Crippen molar-refractivity contribution in [2.45, 2.75) is 19.3 Å². The summed E-state index contributed by atoms with van der Waals surface area (Å²) in [6.45, 7) is 3.01. The predicted octanol–water partition coefficient (Wildman–Crippen LogP) is 3.88. The molecule has 0 saturated carbocycles. The van der Waals surface area contributed by atoms with E-state index in [-0.39, 0.29) is 12.3 Å². The average Bonchev–Trinajstić information content (AvgIpc) is 3.24. The molecule has 0 bridgehead atoms. The molecular formula is C24H21ClN6O. The van der Waals surface area contributed by atoms with E-state index in [1.54, 1.807) is 18.3 Å². The molecule has 4 heterocycles. The SMILES string of the molecule is O=C1Cc2cnc(Nc3cccc(C#CCN4CCCC4)n3)nc2-c2ccc(Cl)cc2N1. The van der Waals surface area contributed by atoms with Gasteiger partial charge in [0.25, 0.3) is 0 Å². The van der Waals surface area contributed by atoms with Gasteiger partial charge in [-0.25, -0.2) is 15.0 Å². The standard InChI is InChI=1S/C24H21ClN6O/c25-17-8-9-19-20(14-17)28-22(32)13-16-15-26-24(30-23(16)19)29-21-7-3-5-18(27-21)6-4-12-31-10-1-2-11-31/h3,5,7-9,14-15H,1-2,10-13H2,(H,28,32)(H,26,27,29,30). The van der Waals surface area contributed by atoms with Crippen molar-refractivity contribution in [2.24, 2.45) is 0 Å². The molecule has 0 spiro atoms. The van der Waals surface area contributed by atoms with Crippen LogP contribution in [-0.4, -0.2) is 45.4 Å². The van der Waals surface area contributed by atoms with Crippen molar-refractivity contribution < 1.29 is 4.79 Å². The summed E-state index contributed by atoms with van der Waals surface area (Å²) in [5.74, 6) is 7.22. The molecule has 32 heavy (non-hydrogen) atoms. The number of hydrogen-bond acceptors (Lipinski definition) is 6. The van der Waals surface area contributed by atoms with Gasteiger partial charge in [-0.1, -0.05) is 23.6 Å². The maximum absolute atomic E-state index is 12.3. The Bertz CT molecular complexity index is 1240. The van der Waals surface area contributed by atoms with Crippen molar-refractivity contribution in [3.05, 3.63) is 58.9 Å². The monoisotopic (exact) mass is 444 g/mol. The van der Waals surface area contributed by atoms with Gasteiger partial charge in [0.05, 0.1) is 24.3 Å². The molecule has 1 saturated heterocycles. The van der Waals surface area contributed by atoms with Crippen LogP contribution in [0.5, 0.6) is 0 Å². The summed E-state index contributed by atoms with van der Waals surface area (Å²) >= 11 is 6.11. The van der Waals surface area contributed by atoms with Gasteiger partial charge in [0, 0.05) is 22.3 Å². The summed E-state index contributed by atoms with van der Waals surface area (Å²) in [5, 5.41) is 6.59. The lowest BCUT2D eigenvalue weighted by molar-refractivity contribution is -0.115. The number of rotatable bonds is 3. The van der Waals surface area contributed by atoms with E-state index >= 15 is 0 Å². The van der Waals surface area contributed by atoms with Crippen LogP contribution in [0.3, 0.4) is 0 Å². The Labute approximate surface area is 191 Å². The first kappa shape index (κ1) is 20.4. The lowest BCUT2D eigenvalue weighted by Gasteiger charge is -2.10. The minimum atomic E-state index is -0.126. The predicted molar refractivity (Wildman–Crippen MR) is 125 cm³/mol. The van der Waals surface area contributed by atoms with Gasteiger partial charge in [-0.15, -0.1) is 0 Å². The Morgan fingerprint density at radius 1 is 1.16 bits per heavy atom. The molecule has 8 heteroatoms. The Kier molecular flexibility index (Phi) is 5.71. The van der Waals surface area contributed by atoms with Crippen LogP contribution in [-0.2, 0) is 11.2 Å². The van der Waals surface area contributed by atoms with Crippen LogP contribution < -0.4 is 10.6 Å². The first-order chi connectivity index (χ1) is 15.6. The van der Waals surface area contributed by atoms with Crippen molar-refractivity contribution in [1.29, 1.82) is 0 Å². The van der Waals surface area contributed by atoms with Crippen LogP contribution in [0.15, 0.2) is 42.6 Å². The fourth-order valence-electron chi connectivity index (χ4n) is 3.89. The molecule has 2 aromatic heterocycles. The normalized spacial score (nSPS) is 15.1. The van der Waals surface area contributed by atoms with Crippen LogP contribution in [0.2, 0.25) is 5.02 Å². The first-order valence-electron chi connectivity index (χ1n) is 10.5. The van der Waals surface area contributed by atoms with E-state index in [0.717, 1.165) is 30.8 Å². The number of nitrogens with zero attached hydrogens (tertiary/aromatic N) is 4. The number of amides is 1. The van der Waals surface area contributed by atoms with Crippen LogP contribution in [0.25, 0.3) is 11.3 Å². The number of halogens is 1. The molecule has 2 N–H and O–H groups in total. The van der Waals surface area contributed by atoms with Gasteiger partial charge in [0.1, 0.15) is 11.5 Å². The summed E-state index contributed by atoms with van der Waals surface area (Å²) in [6, 6.07) is 11.0. The average molecular weight is 445 g/mol. The van der Waals surface area contributed by atoms with Crippen LogP contribution in [0.4, 0.5) is 17.5 Å². The Balaban J connectivity index is 1.39. The van der Waals surface area contributed by atoms with Crippen LogP contribution in [0.1, 0.15) is 24.1 Å². The van der Waals surface area contributed by atoms with Gasteiger partial charge in [0.15, 0.2) is 0 Å². The third-order valence-corrected chi connectivity index (χ3v) is 5.67. The molecule has 5 rings (SSSR count). The summed E-state index contributed by atoms with van der Waals surface area (Å²) < 4.78 is 0. The van der Waals surface area contributed by atoms with Crippen molar-refractivity contribution >= 4 is 35.0 Å². The molecule has 2 aliphatic heterocycles. The van der Waals surface area contributed by atoms with Gasteiger partial charge in [-0.05, 0) is 62.2 Å². The molecule has 0 aliphatic carbocycles. The van der Waals surface area contributed by atoms with Crippen molar-refractivity contribution in [3.63, 3.8) is 0 Å². The van der Waals surface area contributed by atoms with Gasteiger partial charge >= 0.3 is 0 Å². The Morgan fingerprint density at radius 3 is 2.91 bits per heavy atom. The number of nitrogens with one attached hydrogen (secondary N) is 2. The molecule has 0 atom stereocenters. The molecule has 7 nitrogen and oxygen atoms in total. The number of likely N-dealkylation sites (tertiary alicyclic amines) is 1. The van der Waals surface area contributed by atoms with Crippen molar-refractivity contribution in [2.75, 3.05) is 30.3 Å². The summed E-state index contributed by atoms with van der Waals surface area (Å²) in [7, 11) is 0. The highest BCUT2D eigenvalue weighted by atomic mass is 35.5. The van der Waals surface area contributed by atoms with E-state index in [4.69, 9.17) is 11.6 Å². The molecule has 1 fully saturated rings.